The molecule has 1 amide bonds. The first-order valence-corrected chi connectivity index (χ1v) is 8.33. The summed E-state index contributed by atoms with van der Waals surface area (Å²) in [6, 6.07) is 7.92. The van der Waals surface area contributed by atoms with Gasteiger partial charge >= 0.3 is 12.1 Å². The monoisotopic (exact) mass is 346 g/mol. The summed E-state index contributed by atoms with van der Waals surface area (Å²) < 4.78 is 12.0. The molecule has 0 fully saturated rings. The van der Waals surface area contributed by atoms with Gasteiger partial charge in [-0.3, -0.25) is 4.79 Å². The van der Waals surface area contributed by atoms with Crippen molar-refractivity contribution in [1.82, 2.24) is 9.88 Å². The molecule has 0 radical (unpaired) electrons. The van der Waals surface area contributed by atoms with E-state index in [0.717, 1.165) is 22.2 Å². The van der Waals surface area contributed by atoms with Crippen LogP contribution in [-0.4, -0.2) is 35.9 Å². The molecule has 136 valence electrons. The first-order valence-electron chi connectivity index (χ1n) is 8.33. The third-order valence-electron chi connectivity index (χ3n) is 3.92. The number of para-hydroxylation sites is 1. The van der Waals surface area contributed by atoms with Crippen LogP contribution in [0.3, 0.4) is 0 Å². The van der Waals surface area contributed by atoms with Crippen LogP contribution in [-0.2, 0) is 27.2 Å². The van der Waals surface area contributed by atoms with Crippen LogP contribution in [0.15, 0.2) is 24.3 Å². The number of nitrogens with zero attached hydrogens (tertiary/aromatic N) is 1. The quantitative estimate of drug-likeness (QED) is 0.844. The number of nitrogens with one attached hydrogen (secondary N) is 1. The predicted molar refractivity (Wildman–Crippen MR) is 96.6 cm³/mol. The summed E-state index contributed by atoms with van der Waals surface area (Å²) in [5, 5.41) is 3.86. The normalized spacial score (nSPS) is 11.4. The second kappa shape index (κ2) is 7.59. The molecule has 6 nitrogen and oxygen atoms in total. The number of carbonyl (C=O) groups excluding carboxylic acids is 2. The van der Waals surface area contributed by atoms with Gasteiger partial charge in [-0.2, -0.15) is 0 Å². The predicted octanol–water partition coefficient (Wildman–Crippen LogP) is 3.19. The lowest BCUT2D eigenvalue weighted by atomic mass is 10.1. The highest BCUT2D eigenvalue weighted by molar-refractivity contribution is 5.87. The summed E-state index contributed by atoms with van der Waals surface area (Å²) >= 11 is 0. The Morgan fingerprint density at radius 3 is 2.52 bits per heavy atom. The van der Waals surface area contributed by atoms with E-state index in [0.29, 0.717) is 13.0 Å². The number of hydrogen-bond donors (Lipinski definition) is 1. The summed E-state index contributed by atoms with van der Waals surface area (Å²) in [5.74, 6) is -0.290. The minimum absolute atomic E-state index is 0.169. The standard InChI is InChI=1S/C19H26N2O4/c1-13-14(10-11-20-18(23)25-19(2,3)4)15-8-6-7-9-16(15)21(13)12-17(22)24-5/h6-9H,10-12H2,1-5H3,(H,20,23). The number of ether oxygens (including phenoxy) is 2. The van der Waals surface area contributed by atoms with Gasteiger partial charge in [0.25, 0.3) is 0 Å². The van der Waals surface area contributed by atoms with Crippen LogP contribution in [0.5, 0.6) is 0 Å². The van der Waals surface area contributed by atoms with Gasteiger partial charge in [0.2, 0.25) is 0 Å². The second-order valence-electron chi connectivity index (χ2n) is 6.92. The van der Waals surface area contributed by atoms with Gasteiger partial charge in [0, 0.05) is 23.1 Å². The van der Waals surface area contributed by atoms with Crippen LogP contribution in [0, 0.1) is 6.92 Å². The summed E-state index contributed by atoms with van der Waals surface area (Å²) in [7, 11) is 1.38. The molecule has 0 aliphatic carbocycles. The molecule has 2 rings (SSSR count). The fourth-order valence-electron chi connectivity index (χ4n) is 2.82. The highest BCUT2D eigenvalue weighted by atomic mass is 16.6. The summed E-state index contributed by atoms with van der Waals surface area (Å²) in [4.78, 5) is 23.5. The van der Waals surface area contributed by atoms with E-state index in [4.69, 9.17) is 9.47 Å². The zero-order chi connectivity index (χ0) is 18.6. The zero-order valence-corrected chi connectivity index (χ0v) is 15.5. The lowest BCUT2D eigenvalue weighted by Gasteiger charge is -2.19. The molecule has 1 aromatic carbocycles. The number of carbonyl (C=O) groups is 2. The van der Waals surface area contributed by atoms with Gasteiger partial charge in [-0.1, -0.05) is 18.2 Å². The van der Waals surface area contributed by atoms with Crippen molar-refractivity contribution in [3.05, 3.63) is 35.5 Å². The Balaban J connectivity index is 2.17. The molecule has 0 unspecified atom stereocenters. The van der Waals surface area contributed by atoms with E-state index < -0.39 is 11.7 Å². The molecule has 0 bridgehead atoms. The van der Waals surface area contributed by atoms with Crippen molar-refractivity contribution < 1.29 is 19.1 Å². The summed E-state index contributed by atoms with van der Waals surface area (Å²) in [6.45, 7) is 8.10. The number of alkyl carbamates (subject to hydrolysis) is 1. The molecule has 0 spiro atoms. The largest absolute Gasteiger partial charge is 0.468 e. The molecule has 0 aliphatic rings. The van der Waals surface area contributed by atoms with Gasteiger partial charge in [-0.05, 0) is 45.7 Å². The van der Waals surface area contributed by atoms with Gasteiger partial charge < -0.3 is 19.4 Å². The van der Waals surface area contributed by atoms with Gasteiger partial charge in [0.15, 0.2) is 0 Å². The minimum atomic E-state index is -0.517. The van der Waals surface area contributed by atoms with Crippen molar-refractivity contribution >= 4 is 23.0 Å². The van der Waals surface area contributed by atoms with Crippen LogP contribution in [0.1, 0.15) is 32.0 Å². The number of rotatable bonds is 5. The molecule has 2 aromatic rings. The lowest BCUT2D eigenvalue weighted by molar-refractivity contribution is -0.141. The Morgan fingerprint density at radius 2 is 1.88 bits per heavy atom. The highest BCUT2D eigenvalue weighted by Gasteiger charge is 2.18. The summed E-state index contributed by atoms with van der Waals surface area (Å²) in [6.07, 6.45) is 0.225. The first kappa shape index (κ1) is 18.8. The third-order valence-corrected chi connectivity index (χ3v) is 3.92. The van der Waals surface area contributed by atoms with E-state index in [9.17, 15) is 9.59 Å². The van der Waals surface area contributed by atoms with E-state index >= 15 is 0 Å². The van der Waals surface area contributed by atoms with Crippen molar-refractivity contribution in [2.45, 2.75) is 46.3 Å². The van der Waals surface area contributed by atoms with Crippen molar-refractivity contribution in [3.8, 4) is 0 Å². The van der Waals surface area contributed by atoms with E-state index in [1.165, 1.54) is 7.11 Å². The van der Waals surface area contributed by atoms with E-state index in [1.54, 1.807) is 0 Å². The molecular weight excluding hydrogens is 320 g/mol. The molecule has 0 atom stereocenters. The topological polar surface area (TPSA) is 69.6 Å². The van der Waals surface area contributed by atoms with Gasteiger partial charge in [0.1, 0.15) is 12.1 Å². The smallest absolute Gasteiger partial charge is 0.407 e. The molecule has 1 aromatic heterocycles. The Morgan fingerprint density at radius 1 is 1.20 bits per heavy atom. The average molecular weight is 346 g/mol. The van der Waals surface area contributed by atoms with Crippen LogP contribution in [0.4, 0.5) is 4.79 Å². The van der Waals surface area contributed by atoms with Crippen molar-refractivity contribution in [1.29, 1.82) is 0 Å². The van der Waals surface area contributed by atoms with Gasteiger partial charge in [0.05, 0.1) is 7.11 Å². The molecule has 0 aliphatic heterocycles. The van der Waals surface area contributed by atoms with E-state index in [1.807, 2.05) is 56.5 Å². The Hall–Kier alpha value is -2.50. The van der Waals surface area contributed by atoms with Crippen LogP contribution < -0.4 is 5.32 Å². The lowest BCUT2D eigenvalue weighted by Crippen LogP contribution is -2.33. The maximum atomic E-state index is 11.8. The maximum absolute atomic E-state index is 11.8. The minimum Gasteiger partial charge on any atom is -0.468 e. The van der Waals surface area contributed by atoms with Crippen LogP contribution in [0.25, 0.3) is 10.9 Å². The maximum Gasteiger partial charge on any atom is 0.407 e. The number of amides is 1. The average Bonchev–Trinajstić information content (AvgIpc) is 2.79. The SMILES string of the molecule is COC(=O)Cn1c(C)c(CCNC(=O)OC(C)(C)C)c2ccccc21. The van der Waals surface area contributed by atoms with Crippen LogP contribution in [0.2, 0.25) is 0 Å². The van der Waals surface area contributed by atoms with Gasteiger partial charge in [-0.25, -0.2) is 4.79 Å². The number of hydrogen-bond acceptors (Lipinski definition) is 4. The molecule has 25 heavy (non-hydrogen) atoms. The highest BCUT2D eigenvalue weighted by Crippen LogP contribution is 2.26. The van der Waals surface area contributed by atoms with Crippen molar-refractivity contribution in [2.75, 3.05) is 13.7 Å². The van der Waals surface area contributed by atoms with Crippen molar-refractivity contribution in [3.63, 3.8) is 0 Å². The van der Waals surface area contributed by atoms with Gasteiger partial charge in [-0.15, -0.1) is 0 Å². The number of aromatic nitrogens is 1. The van der Waals surface area contributed by atoms with E-state index in [2.05, 4.69) is 5.32 Å². The third kappa shape index (κ3) is 4.75. The Labute approximate surface area is 148 Å². The molecule has 6 heteroatoms. The molecule has 1 N–H and O–H groups in total. The van der Waals surface area contributed by atoms with Crippen LogP contribution >= 0.6 is 0 Å². The number of fused-ring (bicyclic) bond motifs is 1. The first-order chi connectivity index (χ1) is 11.7. The summed E-state index contributed by atoms with van der Waals surface area (Å²) in [5.41, 5.74) is 2.57. The molecular formula is C19H26N2O4. The molecule has 1 heterocycles. The Kier molecular flexibility index (Phi) is 5.72. The fraction of sp³-hybridized carbons (Fsp3) is 0.474. The van der Waals surface area contributed by atoms with E-state index in [-0.39, 0.29) is 12.5 Å². The molecule has 0 saturated heterocycles. The number of benzene rings is 1. The number of methoxy groups -OCH3 is 1. The van der Waals surface area contributed by atoms with Crippen molar-refractivity contribution in [2.24, 2.45) is 0 Å². The molecule has 0 saturated carbocycles. The zero-order valence-electron chi connectivity index (χ0n) is 15.5. The fourth-order valence-corrected chi connectivity index (χ4v) is 2.82. The number of esters is 1. The second-order valence-corrected chi connectivity index (χ2v) is 6.92. The Bertz CT molecular complexity index is 772.